The minimum absolute atomic E-state index is 0.246. The lowest BCUT2D eigenvalue weighted by Gasteiger charge is -2.14. The van der Waals surface area contributed by atoms with Crippen LogP contribution in [0.5, 0.6) is 11.5 Å². The average molecular weight is 370 g/mol. The van der Waals surface area contributed by atoms with Crippen molar-refractivity contribution in [3.63, 3.8) is 0 Å². The van der Waals surface area contributed by atoms with Crippen LogP contribution in [-0.2, 0) is 11.2 Å². The SMILES string of the molecule is COc1ccc(CCNC(=O)C(C)n2c(=O)oc3ccccc32)cc1OC. The van der Waals surface area contributed by atoms with E-state index in [0.29, 0.717) is 35.6 Å². The number of amides is 1. The predicted octanol–water partition coefficient (Wildman–Crippen LogP) is 2.53. The molecule has 0 saturated carbocycles. The van der Waals surface area contributed by atoms with E-state index in [1.807, 2.05) is 18.2 Å². The van der Waals surface area contributed by atoms with Gasteiger partial charge < -0.3 is 19.2 Å². The first-order valence-corrected chi connectivity index (χ1v) is 8.64. The van der Waals surface area contributed by atoms with Crippen LogP contribution in [0.4, 0.5) is 0 Å². The molecule has 1 aromatic heterocycles. The Morgan fingerprint density at radius 2 is 1.89 bits per heavy atom. The van der Waals surface area contributed by atoms with Gasteiger partial charge in [0.15, 0.2) is 17.1 Å². The van der Waals surface area contributed by atoms with Crippen LogP contribution in [0.1, 0.15) is 18.5 Å². The van der Waals surface area contributed by atoms with Crippen LogP contribution in [0.3, 0.4) is 0 Å². The number of ether oxygens (including phenoxy) is 2. The van der Waals surface area contributed by atoms with Gasteiger partial charge in [-0.15, -0.1) is 0 Å². The zero-order valence-electron chi connectivity index (χ0n) is 15.5. The molecule has 27 heavy (non-hydrogen) atoms. The van der Waals surface area contributed by atoms with Gasteiger partial charge in [-0.05, 0) is 43.2 Å². The molecule has 0 fully saturated rings. The lowest BCUT2D eigenvalue weighted by molar-refractivity contribution is -0.123. The third kappa shape index (κ3) is 3.81. The number of aromatic nitrogens is 1. The Morgan fingerprint density at radius 3 is 2.63 bits per heavy atom. The smallest absolute Gasteiger partial charge is 0.420 e. The molecular formula is C20H22N2O5. The maximum absolute atomic E-state index is 12.5. The van der Waals surface area contributed by atoms with Crippen molar-refractivity contribution in [2.45, 2.75) is 19.4 Å². The third-order valence-corrected chi connectivity index (χ3v) is 4.45. The number of hydrogen-bond donors (Lipinski definition) is 1. The topological polar surface area (TPSA) is 82.7 Å². The van der Waals surface area contributed by atoms with Crippen molar-refractivity contribution in [3.05, 3.63) is 58.6 Å². The zero-order valence-corrected chi connectivity index (χ0v) is 15.5. The first kappa shape index (κ1) is 18.6. The summed E-state index contributed by atoms with van der Waals surface area (Å²) in [6.45, 7) is 2.11. The molecule has 1 amide bonds. The second kappa shape index (κ2) is 7.99. The van der Waals surface area contributed by atoms with Gasteiger partial charge in [0.2, 0.25) is 5.91 Å². The molecule has 0 aliphatic carbocycles. The molecule has 0 aliphatic rings. The number of carbonyl (C=O) groups is 1. The highest BCUT2D eigenvalue weighted by atomic mass is 16.5. The molecule has 1 atom stereocenters. The number of benzene rings is 2. The molecule has 1 heterocycles. The largest absolute Gasteiger partial charge is 0.493 e. The third-order valence-electron chi connectivity index (χ3n) is 4.45. The summed E-state index contributed by atoms with van der Waals surface area (Å²) in [6.07, 6.45) is 0.625. The Morgan fingerprint density at radius 1 is 1.15 bits per heavy atom. The van der Waals surface area contributed by atoms with Crippen LogP contribution in [0.2, 0.25) is 0 Å². The minimum atomic E-state index is -0.674. The molecule has 7 nitrogen and oxygen atoms in total. The molecular weight excluding hydrogens is 348 g/mol. The van der Waals surface area contributed by atoms with Crippen LogP contribution in [-0.4, -0.2) is 31.2 Å². The van der Waals surface area contributed by atoms with Crippen molar-refractivity contribution in [1.82, 2.24) is 9.88 Å². The summed E-state index contributed by atoms with van der Waals surface area (Å²) in [6, 6.07) is 12.0. The molecule has 3 aromatic rings. The normalized spacial score (nSPS) is 12.0. The number of rotatable bonds is 7. The second-order valence-corrected chi connectivity index (χ2v) is 6.11. The molecule has 3 rings (SSSR count). The van der Waals surface area contributed by atoms with Crippen molar-refractivity contribution in [2.24, 2.45) is 0 Å². The highest BCUT2D eigenvalue weighted by Crippen LogP contribution is 2.27. The molecule has 1 unspecified atom stereocenters. The van der Waals surface area contributed by atoms with Crippen molar-refractivity contribution >= 4 is 17.0 Å². The van der Waals surface area contributed by atoms with E-state index in [4.69, 9.17) is 13.9 Å². The zero-order chi connectivity index (χ0) is 19.4. The van der Waals surface area contributed by atoms with Crippen LogP contribution in [0, 0.1) is 0 Å². The van der Waals surface area contributed by atoms with E-state index in [1.54, 1.807) is 45.4 Å². The number of methoxy groups -OCH3 is 2. The number of hydrogen-bond acceptors (Lipinski definition) is 5. The highest BCUT2D eigenvalue weighted by molar-refractivity contribution is 5.82. The van der Waals surface area contributed by atoms with Crippen molar-refractivity contribution in [1.29, 1.82) is 0 Å². The van der Waals surface area contributed by atoms with E-state index in [-0.39, 0.29) is 5.91 Å². The Kier molecular flexibility index (Phi) is 5.49. The second-order valence-electron chi connectivity index (χ2n) is 6.11. The number of carbonyl (C=O) groups excluding carboxylic acids is 1. The van der Waals surface area contributed by atoms with E-state index in [0.717, 1.165) is 5.56 Å². The predicted molar refractivity (Wildman–Crippen MR) is 101 cm³/mol. The molecule has 1 N–H and O–H groups in total. The van der Waals surface area contributed by atoms with E-state index < -0.39 is 11.8 Å². The Labute approximate surface area is 156 Å². The Hall–Kier alpha value is -3.22. The molecule has 7 heteroatoms. The van der Waals surface area contributed by atoms with Crippen LogP contribution in [0.25, 0.3) is 11.1 Å². The fraction of sp³-hybridized carbons (Fsp3) is 0.300. The van der Waals surface area contributed by atoms with Gasteiger partial charge >= 0.3 is 5.76 Å². The van der Waals surface area contributed by atoms with Crippen molar-refractivity contribution < 1.29 is 18.7 Å². The summed E-state index contributed by atoms with van der Waals surface area (Å²) in [5.74, 6) is 0.513. The molecule has 2 aromatic carbocycles. The summed E-state index contributed by atoms with van der Waals surface area (Å²) >= 11 is 0. The minimum Gasteiger partial charge on any atom is -0.493 e. The molecule has 0 aliphatic heterocycles. The molecule has 0 bridgehead atoms. The standard InChI is InChI=1S/C20H22N2O5/c1-13(22-15-6-4-5-7-16(15)27-20(22)24)19(23)21-11-10-14-8-9-17(25-2)18(12-14)26-3/h4-9,12-13H,10-11H2,1-3H3,(H,21,23). The van der Waals surface area contributed by atoms with Crippen LogP contribution >= 0.6 is 0 Å². The van der Waals surface area contributed by atoms with Gasteiger partial charge in [-0.3, -0.25) is 9.36 Å². The van der Waals surface area contributed by atoms with E-state index >= 15 is 0 Å². The quantitative estimate of drug-likeness (QED) is 0.691. The van der Waals surface area contributed by atoms with Crippen LogP contribution < -0.4 is 20.5 Å². The Balaban J connectivity index is 1.65. The molecule has 0 saturated heterocycles. The summed E-state index contributed by atoms with van der Waals surface area (Å²) < 4.78 is 17.1. The fourth-order valence-corrected chi connectivity index (χ4v) is 2.98. The maximum atomic E-state index is 12.5. The monoisotopic (exact) mass is 370 g/mol. The summed E-state index contributed by atoms with van der Waals surface area (Å²) in [4.78, 5) is 24.6. The van der Waals surface area contributed by atoms with Gasteiger partial charge in [0.25, 0.3) is 0 Å². The number of oxazole rings is 1. The molecule has 0 radical (unpaired) electrons. The van der Waals surface area contributed by atoms with Gasteiger partial charge in [-0.25, -0.2) is 4.79 Å². The van der Waals surface area contributed by atoms with E-state index in [9.17, 15) is 9.59 Å². The highest BCUT2D eigenvalue weighted by Gasteiger charge is 2.20. The summed E-state index contributed by atoms with van der Waals surface area (Å²) in [7, 11) is 3.17. The number of nitrogens with zero attached hydrogens (tertiary/aromatic N) is 1. The van der Waals surface area contributed by atoms with Gasteiger partial charge in [-0.1, -0.05) is 18.2 Å². The Bertz CT molecular complexity index is 1010. The van der Waals surface area contributed by atoms with Gasteiger partial charge in [0.05, 0.1) is 19.7 Å². The summed E-state index contributed by atoms with van der Waals surface area (Å²) in [5.41, 5.74) is 2.07. The first-order chi connectivity index (χ1) is 13.0. The van der Waals surface area contributed by atoms with Gasteiger partial charge in [0, 0.05) is 6.54 Å². The van der Waals surface area contributed by atoms with Gasteiger partial charge in [0.1, 0.15) is 6.04 Å². The fourth-order valence-electron chi connectivity index (χ4n) is 2.98. The van der Waals surface area contributed by atoms with Crippen LogP contribution in [0.15, 0.2) is 51.7 Å². The molecule has 142 valence electrons. The number of para-hydroxylation sites is 2. The first-order valence-electron chi connectivity index (χ1n) is 8.64. The lowest BCUT2D eigenvalue weighted by Crippen LogP contribution is -2.35. The van der Waals surface area contributed by atoms with E-state index in [2.05, 4.69) is 5.32 Å². The maximum Gasteiger partial charge on any atom is 0.420 e. The van der Waals surface area contributed by atoms with E-state index in [1.165, 1.54) is 4.57 Å². The number of fused-ring (bicyclic) bond motifs is 1. The lowest BCUT2D eigenvalue weighted by atomic mass is 10.1. The average Bonchev–Trinajstić information content (AvgIpc) is 3.02. The molecule has 0 spiro atoms. The van der Waals surface area contributed by atoms with Gasteiger partial charge in [-0.2, -0.15) is 0 Å². The number of nitrogens with one attached hydrogen (secondary N) is 1. The summed E-state index contributed by atoms with van der Waals surface area (Å²) in [5, 5.41) is 2.86. The van der Waals surface area contributed by atoms with Crippen molar-refractivity contribution in [3.8, 4) is 11.5 Å². The van der Waals surface area contributed by atoms with Crippen molar-refractivity contribution in [2.75, 3.05) is 20.8 Å².